The van der Waals surface area contributed by atoms with Crippen molar-refractivity contribution in [1.82, 2.24) is 0 Å². The number of benzene rings is 1. The summed E-state index contributed by atoms with van der Waals surface area (Å²) in [5.41, 5.74) is 2.39. The average Bonchev–Trinajstić information content (AvgIpc) is 2.01. The van der Waals surface area contributed by atoms with Crippen LogP contribution in [0.1, 0.15) is 18.1 Å². The molecule has 0 radical (unpaired) electrons. The third-order valence-corrected chi connectivity index (χ3v) is 4.00. The van der Waals surface area contributed by atoms with E-state index in [-0.39, 0.29) is 0 Å². The van der Waals surface area contributed by atoms with Crippen molar-refractivity contribution in [2.45, 2.75) is 19.5 Å². The summed E-state index contributed by atoms with van der Waals surface area (Å²) in [6.07, 6.45) is 1.57. The minimum Gasteiger partial charge on any atom is -0.299 e. The Morgan fingerprint density at radius 2 is 1.92 bits per heavy atom. The Kier molecular flexibility index (Phi) is 4.21. The number of hydrogen-bond donors (Lipinski definition) is 0. The van der Waals surface area contributed by atoms with Crippen LogP contribution in [0.4, 0.5) is 0 Å². The number of hydrogen-bond acceptors (Lipinski definition) is 1. The first-order valence-corrected chi connectivity index (χ1v) is 10.0. The fourth-order valence-corrected chi connectivity index (χ4v) is 3.52. The van der Waals surface area contributed by atoms with Gasteiger partial charge in [-0.2, -0.15) is 0 Å². The highest BCUT2D eigenvalue weighted by Gasteiger charge is 2.12. The zero-order valence-electron chi connectivity index (χ0n) is 7.34. The molecule has 0 bridgehead atoms. The van der Waals surface area contributed by atoms with Crippen molar-refractivity contribution >= 4 is 35.5 Å². The fourth-order valence-electron chi connectivity index (χ4n) is 1.16. The first-order chi connectivity index (χ1) is 6.01. The second-order valence-corrected chi connectivity index (χ2v) is 14.1. The fraction of sp³-hybridized carbons (Fsp3) is 0.333. The van der Waals surface area contributed by atoms with E-state index in [0.29, 0.717) is 6.16 Å². The topological polar surface area (TPSA) is 17.1 Å². The molecular formula is C9H11Br2OP. The molecule has 0 unspecified atom stereocenters. The molecule has 0 saturated carbocycles. The summed E-state index contributed by atoms with van der Waals surface area (Å²) in [4.78, 5) is 0. The van der Waals surface area contributed by atoms with E-state index in [1.165, 1.54) is 5.56 Å². The van der Waals surface area contributed by atoms with Gasteiger partial charge in [0.2, 0.25) is 4.55 Å². The normalized spacial score (nSPS) is 11.6. The first kappa shape index (κ1) is 11.5. The number of rotatable bonds is 3. The van der Waals surface area contributed by atoms with Crippen molar-refractivity contribution in [1.29, 1.82) is 0 Å². The molecule has 0 heterocycles. The van der Waals surface area contributed by atoms with Gasteiger partial charge in [0.25, 0.3) is 0 Å². The summed E-state index contributed by atoms with van der Waals surface area (Å²) in [6, 6.07) is 8.17. The molecule has 0 aliphatic carbocycles. The maximum absolute atomic E-state index is 11.4. The lowest BCUT2D eigenvalue weighted by Crippen LogP contribution is -1.84. The molecule has 1 aromatic rings. The van der Waals surface area contributed by atoms with Crippen LogP contribution in [0, 0.1) is 0 Å². The van der Waals surface area contributed by atoms with E-state index >= 15 is 0 Å². The maximum Gasteiger partial charge on any atom is 0.212 e. The van der Waals surface area contributed by atoms with E-state index in [1.807, 2.05) is 12.1 Å². The zero-order valence-corrected chi connectivity index (χ0v) is 11.4. The van der Waals surface area contributed by atoms with Crippen molar-refractivity contribution in [2.75, 3.05) is 0 Å². The van der Waals surface area contributed by atoms with Crippen LogP contribution in [0.15, 0.2) is 24.3 Å². The van der Waals surface area contributed by atoms with Gasteiger partial charge in [-0.3, -0.25) is 4.57 Å². The lowest BCUT2D eigenvalue weighted by molar-refractivity contribution is 0.594. The Morgan fingerprint density at radius 3 is 2.46 bits per heavy atom. The van der Waals surface area contributed by atoms with Gasteiger partial charge in [0, 0.05) is 6.16 Å². The summed E-state index contributed by atoms with van der Waals surface area (Å²) in [6.45, 7) is 2.11. The Hall–Kier alpha value is 0.410. The third kappa shape index (κ3) is 4.44. The largest absolute Gasteiger partial charge is 0.299 e. The molecule has 4 heteroatoms. The molecule has 0 aliphatic rings. The molecule has 13 heavy (non-hydrogen) atoms. The third-order valence-electron chi connectivity index (χ3n) is 1.77. The Morgan fingerprint density at radius 1 is 1.31 bits per heavy atom. The highest BCUT2D eigenvalue weighted by Crippen LogP contribution is 2.63. The first-order valence-electron chi connectivity index (χ1n) is 4.07. The van der Waals surface area contributed by atoms with Crippen molar-refractivity contribution in [3.8, 4) is 0 Å². The second kappa shape index (κ2) is 4.77. The van der Waals surface area contributed by atoms with Gasteiger partial charge in [0.15, 0.2) is 0 Å². The summed E-state index contributed by atoms with van der Waals surface area (Å²) in [7, 11) is 0. The van der Waals surface area contributed by atoms with Gasteiger partial charge in [-0.15, -0.1) is 0 Å². The van der Waals surface area contributed by atoms with Crippen LogP contribution in [-0.2, 0) is 17.1 Å². The summed E-state index contributed by atoms with van der Waals surface area (Å²) in [5.74, 6) is 0. The van der Waals surface area contributed by atoms with E-state index in [4.69, 9.17) is 0 Å². The van der Waals surface area contributed by atoms with Gasteiger partial charge >= 0.3 is 0 Å². The van der Waals surface area contributed by atoms with Crippen LogP contribution in [0.2, 0.25) is 0 Å². The standard InChI is InChI=1S/C9H11Br2OP/c1-2-8-4-3-5-9(6-8)7-13(10,11)12/h3-6H,2,7H2,1H3. The van der Waals surface area contributed by atoms with E-state index in [2.05, 4.69) is 50.0 Å². The van der Waals surface area contributed by atoms with Gasteiger partial charge in [-0.25, -0.2) is 0 Å². The lowest BCUT2D eigenvalue weighted by atomic mass is 10.1. The summed E-state index contributed by atoms with van der Waals surface area (Å²) < 4.78 is 9.12. The van der Waals surface area contributed by atoms with E-state index in [9.17, 15) is 4.57 Å². The molecule has 0 fully saturated rings. The van der Waals surface area contributed by atoms with Crippen molar-refractivity contribution in [3.63, 3.8) is 0 Å². The zero-order chi connectivity index (χ0) is 9.90. The second-order valence-electron chi connectivity index (χ2n) is 2.90. The molecule has 0 N–H and O–H groups in total. The molecule has 0 atom stereocenters. The van der Waals surface area contributed by atoms with Crippen molar-refractivity contribution < 1.29 is 4.57 Å². The molecule has 1 aromatic carbocycles. The highest BCUT2D eigenvalue weighted by atomic mass is 79.9. The Balaban J connectivity index is 2.84. The molecule has 72 valence electrons. The van der Waals surface area contributed by atoms with Gasteiger partial charge in [0.05, 0.1) is 0 Å². The highest BCUT2D eigenvalue weighted by molar-refractivity contribution is 9.70. The smallest absolute Gasteiger partial charge is 0.212 e. The Bertz CT molecular complexity index is 332. The predicted molar refractivity (Wildman–Crippen MR) is 65.0 cm³/mol. The van der Waals surface area contributed by atoms with E-state index < -0.39 is 4.55 Å². The lowest BCUT2D eigenvalue weighted by Gasteiger charge is -2.04. The van der Waals surface area contributed by atoms with Crippen LogP contribution in [0.5, 0.6) is 0 Å². The summed E-state index contributed by atoms with van der Waals surface area (Å²) in [5, 5.41) is 0. The van der Waals surface area contributed by atoms with Gasteiger partial charge in [-0.05, 0) is 48.5 Å². The van der Waals surface area contributed by atoms with Crippen molar-refractivity contribution in [2.24, 2.45) is 0 Å². The minimum atomic E-state index is -2.29. The Labute approximate surface area is 94.8 Å². The van der Waals surface area contributed by atoms with E-state index in [0.717, 1.165) is 12.0 Å². The number of aryl methyl sites for hydroxylation is 1. The van der Waals surface area contributed by atoms with Crippen LogP contribution in [0.25, 0.3) is 0 Å². The molecule has 1 rings (SSSR count). The molecule has 0 aromatic heterocycles. The average molecular weight is 326 g/mol. The molecule has 0 aliphatic heterocycles. The molecular weight excluding hydrogens is 315 g/mol. The van der Waals surface area contributed by atoms with Crippen LogP contribution in [-0.4, -0.2) is 0 Å². The minimum absolute atomic E-state index is 0.556. The quantitative estimate of drug-likeness (QED) is 0.734. The summed E-state index contributed by atoms with van der Waals surface area (Å²) >= 11 is 6.27. The van der Waals surface area contributed by atoms with E-state index in [1.54, 1.807) is 0 Å². The molecule has 0 amide bonds. The van der Waals surface area contributed by atoms with Crippen LogP contribution >= 0.6 is 35.5 Å². The molecule has 0 saturated heterocycles. The monoisotopic (exact) mass is 324 g/mol. The number of halogens is 2. The van der Waals surface area contributed by atoms with Crippen LogP contribution in [0.3, 0.4) is 0 Å². The predicted octanol–water partition coefficient (Wildman–Crippen LogP) is 4.73. The molecule has 1 nitrogen and oxygen atoms in total. The van der Waals surface area contributed by atoms with Gasteiger partial charge < -0.3 is 0 Å². The SMILES string of the molecule is CCc1cccc(CP(=O)(Br)Br)c1. The molecule has 0 spiro atoms. The maximum atomic E-state index is 11.4. The van der Waals surface area contributed by atoms with Gasteiger partial charge in [-0.1, -0.05) is 31.2 Å². The van der Waals surface area contributed by atoms with Gasteiger partial charge in [0.1, 0.15) is 0 Å². The van der Waals surface area contributed by atoms with Crippen molar-refractivity contribution in [3.05, 3.63) is 35.4 Å². The van der Waals surface area contributed by atoms with Crippen LogP contribution < -0.4 is 0 Å².